The van der Waals surface area contributed by atoms with Crippen molar-refractivity contribution in [1.82, 2.24) is 0 Å². The predicted octanol–water partition coefficient (Wildman–Crippen LogP) is 2.54. The highest BCUT2D eigenvalue weighted by Gasteiger charge is 2.30. The average molecular weight is 246 g/mol. The maximum Gasteiger partial charge on any atom is 0.313 e. The molecule has 1 heterocycles. The monoisotopic (exact) mass is 246 g/mol. The number of aliphatic hydroxyl groups is 1. The molecule has 3 nitrogen and oxygen atoms in total. The number of carbonyl (C=O) groups is 1. The molecule has 0 spiro atoms. The fraction of sp³-hybridized carbons (Fsp3) is 0.400. The number of rotatable bonds is 4. The molecule has 2 rings (SSSR count). The van der Waals surface area contributed by atoms with Crippen LogP contribution in [0.3, 0.4) is 0 Å². The van der Waals surface area contributed by atoms with Gasteiger partial charge in [-0.2, -0.15) is 0 Å². The van der Waals surface area contributed by atoms with Crippen molar-refractivity contribution in [1.29, 1.82) is 0 Å². The number of hydrogen-bond acceptors (Lipinski definition) is 3. The van der Waals surface area contributed by atoms with Gasteiger partial charge in [-0.25, -0.2) is 0 Å². The third-order valence-corrected chi connectivity index (χ3v) is 3.34. The minimum Gasteiger partial charge on any atom is -0.462 e. The van der Waals surface area contributed by atoms with Crippen LogP contribution in [0, 0.1) is 0 Å². The quantitative estimate of drug-likeness (QED) is 0.656. The number of esters is 1. The lowest BCUT2D eigenvalue weighted by Crippen LogP contribution is -2.29. The van der Waals surface area contributed by atoms with Gasteiger partial charge in [-0.1, -0.05) is 30.3 Å². The van der Waals surface area contributed by atoms with Crippen molar-refractivity contribution in [2.24, 2.45) is 0 Å². The maximum absolute atomic E-state index is 11.9. The maximum atomic E-state index is 11.9. The zero-order valence-electron chi connectivity index (χ0n) is 10.3. The Labute approximate surface area is 107 Å². The molecule has 0 bridgehead atoms. The molecule has 0 aromatic heterocycles. The Bertz CT molecular complexity index is 422. The molecule has 0 amide bonds. The van der Waals surface area contributed by atoms with Crippen molar-refractivity contribution in [3.8, 4) is 0 Å². The third kappa shape index (κ3) is 2.79. The summed E-state index contributed by atoms with van der Waals surface area (Å²) < 4.78 is 5.39. The summed E-state index contributed by atoms with van der Waals surface area (Å²) in [4.78, 5) is 11.9. The molecule has 1 fully saturated rings. The number of hydrogen-bond donors (Lipinski definition) is 1. The molecule has 1 aromatic rings. The van der Waals surface area contributed by atoms with Gasteiger partial charge >= 0.3 is 5.97 Å². The van der Waals surface area contributed by atoms with Gasteiger partial charge in [-0.15, -0.1) is 6.58 Å². The van der Waals surface area contributed by atoms with Crippen molar-refractivity contribution in [2.75, 3.05) is 0 Å². The van der Waals surface area contributed by atoms with E-state index in [1.165, 1.54) is 0 Å². The van der Waals surface area contributed by atoms with Crippen LogP contribution >= 0.6 is 0 Å². The fourth-order valence-electron chi connectivity index (χ4n) is 2.29. The van der Waals surface area contributed by atoms with Crippen LogP contribution in [0.1, 0.15) is 36.3 Å². The molecule has 1 aliphatic rings. The van der Waals surface area contributed by atoms with Crippen molar-refractivity contribution in [3.05, 3.63) is 48.0 Å². The Morgan fingerprint density at radius 3 is 2.61 bits per heavy atom. The Morgan fingerprint density at radius 1 is 1.33 bits per heavy atom. The van der Waals surface area contributed by atoms with E-state index in [0.29, 0.717) is 0 Å². The molecule has 0 radical (unpaired) electrons. The van der Waals surface area contributed by atoms with Gasteiger partial charge < -0.3 is 9.84 Å². The van der Waals surface area contributed by atoms with Gasteiger partial charge in [0.2, 0.25) is 0 Å². The summed E-state index contributed by atoms with van der Waals surface area (Å²) in [6.07, 6.45) is 4.19. The molecule has 96 valence electrons. The first kappa shape index (κ1) is 12.8. The summed E-state index contributed by atoms with van der Waals surface area (Å²) in [6.45, 7) is 3.69. The highest BCUT2D eigenvalue weighted by Crippen LogP contribution is 2.30. The van der Waals surface area contributed by atoms with Gasteiger partial charge in [0.1, 0.15) is 6.10 Å². The number of benzene rings is 1. The zero-order valence-corrected chi connectivity index (χ0v) is 10.3. The first-order valence-corrected chi connectivity index (χ1v) is 6.25. The second kappa shape index (κ2) is 5.83. The summed E-state index contributed by atoms with van der Waals surface area (Å²) in [6, 6.07) is 7.48. The molecule has 1 aliphatic heterocycles. The van der Waals surface area contributed by atoms with E-state index in [4.69, 9.17) is 9.84 Å². The lowest BCUT2D eigenvalue weighted by molar-refractivity contribution is -0.155. The van der Waals surface area contributed by atoms with Gasteiger partial charge in [0.25, 0.3) is 0 Å². The van der Waals surface area contributed by atoms with Crippen LogP contribution in [0.25, 0.3) is 0 Å². The lowest BCUT2D eigenvalue weighted by atomic mass is 9.89. The smallest absolute Gasteiger partial charge is 0.313 e. The molecule has 2 atom stereocenters. The molecule has 1 aromatic carbocycles. The van der Waals surface area contributed by atoms with Crippen LogP contribution in [0.5, 0.6) is 0 Å². The summed E-state index contributed by atoms with van der Waals surface area (Å²) in [5, 5.41) is 8.98. The minimum atomic E-state index is -0.168. The van der Waals surface area contributed by atoms with Crippen molar-refractivity contribution in [2.45, 2.75) is 37.9 Å². The van der Waals surface area contributed by atoms with Gasteiger partial charge in [0, 0.05) is 6.42 Å². The van der Waals surface area contributed by atoms with Crippen LogP contribution in [0.2, 0.25) is 0 Å². The van der Waals surface area contributed by atoms with E-state index in [2.05, 4.69) is 6.58 Å². The Balaban J connectivity index is 2.05. The molecule has 1 saturated heterocycles. The fourth-order valence-corrected chi connectivity index (χ4v) is 2.29. The molecular formula is C15H18O3. The van der Waals surface area contributed by atoms with E-state index in [9.17, 15) is 4.79 Å². The van der Waals surface area contributed by atoms with Crippen LogP contribution in [-0.2, 0) is 16.1 Å². The largest absolute Gasteiger partial charge is 0.462 e. The number of ether oxygens (including phenoxy) is 1. The first-order valence-electron chi connectivity index (χ1n) is 6.25. The van der Waals surface area contributed by atoms with Gasteiger partial charge in [0.15, 0.2) is 0 Å². The minimum absolute atomic E-state index is 0.0111. The number of carbonyl (C=O) groups excluding carboxylic acids is 1. The molecule has 2 unspecified atom stereocenters. The molecule has 0 aliphatic carbocycles. The van der Waals surface area contributed by atoms with Crippen molar-refractivity contribution < 1.29 is 14.6 Å². The summed E-state index contributed by atoms with van der Waals surface area (Å²) in [7, 11) is 0. The molecular weight excluding hydrogens is 228 g/mol. The van der Waals surface area contributed by atoms with Crippen LogP contribution < -0.4 is 0 Å². The Morgan fingerprint density at radius 2 is 2.06 bits per heavy atom. The average Bonchev–Trinajstić information content (AvgIpc) is 2.40. The van der Waals surface area contributed by atoms with Crippen LogP contribution in [0.4, 0.5) is 0 Å². The van der Waals surface area contributed by atoms with E-state index >= 15 is 0 Å². The predicted molar refractivity (Wildman–Crippen MR) is 69.0 cm³/mol. The molecule has 0 saturated carbocycles. The first-order chi connectivity index (χ1) is 8.74. The lowest BCUT2D eigenvalue weighted by Gasteiger charge is -2.27. The van der Waals surface area contributed by atoms with Gasteiger partial charge in [-0.05, 0) is 24.0 Å². The molecule has 3 heteroatoms. The highest BCUT2D eigenvalue weighted by atomic mass is 16.5. The van der Waals surface area contributed by atoms with E-state index in [1.807, 2.05) is 24.3 Å². The summed E-state index contributed by atoms with van der Waals surface area (Å²) in [5.41, 5.74) is 1.82. The Kier molecular flexibility index (Phi) is 4.15. The second-order valence-corrected chi connectivity index (χ2v) is 4.61. The SMILES string of the molecule is C=CCC1CCC(c2ccc(CO)cc2)C(=O)O1. The second-order valence-electron chi connectivity index (χ2n) is 4.61. The van der Waals surface area contributed by atoms with Crippen LogP contribution in [-0.4, -0.2) is 17.2 Å². The van der Waals surface area contributed by atoms with E-state index in [0.717, 1.165) is 30.4 Å². The van der Waals surface area contributed by atoms with Crippen molar-refractivity contribution >= 4 is 5.97 Å². The van der Waals surface area contributed by atoms with Gasteiger partial charge in [-0.3, -0.25) is 4.79 Å². The van der Waals surface area contributed by atoms with Crippen LogP contribution in [0.15, 0.2) is 36.9 Å². The molecule has 1 N–H and O–H groups in total. The van der Waals surface area contributed by atoms with Crippen molar-refractivity contribution in [3.63, 3.8) is 0 Å². The number of aliphatic hydroxyl groups excluding tert-OH is 1. The Hall–Kier alpha value is -1.61. The normalized spacial score (nSPS) is 23.5. The summed E-state index contributed by atoms with van der Waals surface area (Å²) in [5.74, 6) is -0.316. The number of cyclic esters (lactones) is 1. The highest BCUT2D eigenvalue weighted by molar-refractivity contribution is 5.79. The third-order valence-electron chi connectivity index (χ3n) is 3.34. The zero-order chi connectivity index (χ0) is 13.0. The van der Waals surface area contributed by atoms with E-state index in [1.54, 1.807) is 6.08 Å². The standard InChI is InChI=1S/C15H18O3/c1-2-3-13-8-9-14(15(17)18-13)12-6-4-11(10-16)5-7-12/h2,4-7,13-14,16H,1,3,8-10H2. The van der Waals surface area contributed by atoms with Gasteiger partial charge in [0.05, 0.1) is 12.5 Å². The topological polar surface area (TPSA) is 46.5 Å². The van der Waals surface area contributed by atoms with E-state index in [-0.39, 0.29) is 24.6 Å². The van der Waals surface area contributed by atoms with E-state index < -0.39 is 0 Å². The summed E-state index contributed by atoms with van der Waals surface area (Å²) >= 11 is 0. The molecule has 18 heavy (non-hydrogen) atoms.